The summed E-state index contributed by atoms with van der Waals surface area (Å²) in [6.45, 7) is 3.44. The summed E-state index contributed by atoms with van der Waals surface area (Å²) < 4.78 is 36.4. The van der Waals surface area contributed by atoms with E-state index in [2.05, 4.69) is 0 Å². The SMILES string of the molecule is CCN(CCCCC(C)(O)CN)CC(F)(F)F. The van der Waals surface area contributed by atoms with Crippen molar-refractivity contribution in [3.63, 3.8) is 0 Å². The van der Waals surface area contributed by atoms with E-state index in [1.165, 1.54) is 4.90 Å². The first-order valence-electron chi connectivity index (χ1n) is 5.92. The summed E-state index contributed by atoms with van der Waals surface area (Å²) >= 11 is 0. The van der Waals surface area contributed by atoms with E-state index in [0.717, 1.165) is 0 Å². The Balaban J connectivity index is 3.78. The normalized spacial score (nSPS) is 16.2. The third-order valence-electron chi connectivity index (χ3n) is 2.73. The second-order valence-corrected chi connectivity index (χ2v) is 4.64. The average molecular weight is 256 g/mol. The van der Waals surface area contributed by atoms with Gasteiger partial charge in [0.15, 0.2) is 0 Å². The molecule has 0 amide bonds. The van der Waals surface area contributed by atoms with Gasteiger partial charge in [-0.25, -0.2) is 0 Å². The van der Waals surface area contributed by atoms with Crippen LogP contribution < -0.4 is 5.73 Å². The van der Waals surface area contributed by atoms with Gasteiger partial charge < -0.3 is 10.8 Å². The van der Waals surface area contributed by atoms with Crippen molar-refractivity contribution in [2.75, 3.05) is 26.2 Å². The third-order valence-corrected chi connectivity index (χ3v) is 2.73. The highest BCUT2D eigenvalue weighted by Crippen LogP contribution is 2.17. The Bertz CT molecular complexity index is 207. The van der Waals surface area contributed by atoms with Gasteiger partial charge in [0.1, 0.15) is 0 Å². The van der Waals surface area contributed by atoms with Crippen molar-refractivity contribution in [1.29, 1.82) is 0 Å². The van der Waals surface area contributed by atoms with Crippen LogP contribution in [0, 0.1) is 0 Å². The van der Waals surface area contributed by atoms with Crippen molar-refractivity contribution < 1.29 is 18.3 Å². The van der Waals surface area contributed by atoms with E-state index in [1.807, 2.05) is 0 Å². The van der Waals surface area contributed by atoms with Gasteiger partial charge in [-0.3, -0.25) is 4.90 Å². The van der Waals surface area contributed by atoms with Crippen molar-refractivity contribution >= 4 is 0 Å². The third kappa shape index (κ3) is 9.38. The fourth-order valence-corrected chi connectivity index (χ4v) is 1.55. The Morgan fingerprint density at radius 3 is 2.24 bits per heavy atom. The van der Waals surface area contributed by atoms with E-state index >= 15 is 0 Å². The topological polar surface area (TPSA) is 49.5 Å². The maximum Gasteiger partial charge on any atom is 0.401 e. The Kier molecular flexibility index (Phi) is 7.04. The first-order chi connectivity index (χ1) is 7.70. The first-order valence-corrected chi connectivity index (χ1v) is 5.92. The van der Waals surface area contributed by atoms with E-state index in [4.69, 9.17) is 5.73 Å². The molecular formula is C11H23F3N2O. The highest BCUT2D eigenvalue weighted by Gasteiger charge is 2.29. The van der Waals surface area contributed by atoms with Crippen LogP contribution in [0.15, 0.2) is 0 Å². The van der Waals surface area contributed by atoms with Crippen LogP contribution in [0.2, 0.25) is 0 Å². The number of hydrogen-bond acceptors (Lipinski definition) is 3. The largest absolute Gasteiger partial charge is 0.401 e. The van der Waals surface area contributed by atoms with Crippen LogP contribution in [0.3, 0.4) is 0 Å². The summed E-state index contributed by atoms with van der Waals surface area (Å²) in [6, 6.07) is 0. The molecule has 104 valence electrons. The average Bonchev–Trinajstić information content (AvgIpc) is 2.21. The first kappa shape index (κ1) is 16.7. The number of nitrogens with zero attached hydrogens (tertiary/aromatic N) is 1. The van der Waals surface area contributed by atoms with Gasteiger partial charge in [-0.2, -0.15) is 13.2 Å². The van der Waals surface area contributed by atoms with E-state index in [1.54, 1.807) is 13.8 Å². The summed E-state index contributed by atoms with van der Waals surface area (Å²) in [7, 11) is 0. The van der Waals surface area contributed by atoms with Gasteiger partial charge in [0.2, 0.25) is 0 Å². The molecule has 0 aliphatic heterocycles. The van der Waals surface area contributed by atoms with Crippen molar-refractivity contribution in [1.82, 2.24) is 4.90 Å². The summed E-state index contributed by atoms with van der Waals surface area (Å²) in [5.41, 5.74) is 4.45. The van der Waals surface area contributed by atoms with Crippen molar-refractivity contribution in [3.05, 3.63) is 0 Å². The number of hydrogen-bond donors (Lipinski definition) is 2. The molecule has 0 heterocycles. The molecule has 0 rings (SSSR count). The minimum Gasteiger partial charge on any atom is -0.389 e. The van der Waals surface area contributed by atoms with Crippen LogP contribution in [-0.2, 0) is 0 Å². The van der Waals surface area contributed by atoms with Crippen LogP contribution in [-0.4, -0.2) is 48.0 Å². The zero-order valence-corrected chi connectivity index (χ0v) is 10.6. The summed E-state index contributed by atoms with van der Waals surface area (Å²) in [5.74, 6) is 0. The van der Waals surface area contributed by atoms with Gasteiger partial charge in [-0.15, -0.1) is 0 Å². The molecule has 0 saturated heterocycles. The second-order valence-electron chi connectivity index (χ2n) is 4.64. The molecule has 3 nitrogen and oxygen atoms in total. The Morgan fingerprint density at radius 1 is 1.24 bits per heavy atom. The number of rotatable bonds is 8. The summed E-state index contributed by atoms with van der Waals surface area (Å²) in [6.07, 6.45) is -2.30. The molecule has 1 unspecified atom stereocenters. The van der Waals surface area contributed by atoms with E-state index < -0.39 is 18.3 Å². The summed E-state index contributed by atoms with van der Waals surface area (Å²) in [5, 5.41) is 9.61. The molecule has 0 aliphatic carbocycles. The van der Waals surface area contributed by atoms with Gasteiger partial charge >= 0.3 is 6.18 Å². The molecule has 6 heteroatoms. The van der Waals surface area contributed by atoms with Gasteiger partial charge in [-0.05, 0) is 39.3 Å². The van der Waals surface area contributed by atoms with Crippen LogP contribution in [0.4, 0.5) is 13.2 Å². The highest BCUT2D eigenvalue weighted by atomic mass is 19.4. The fraction of sp³-hybridized carbons (Fsp3) is 1.00. The minimum absolute atomic E-state index is 0.174. The molecule has 17 heavy (non-hydrogen) atoms. The lowest BCUT2D eigenvalue weighted by Gasteiger charge is -2.24. The fourth-order valence-electron chi connectivity index (χ4n) is 1.55. The number of unbranched alkanes of at least 4 members (excludes halogenated alkanes) is 1. The quantitative estimate of drug-likeness (QED) is 0.650. The second kappa shape index (κ2) is 7.18. The predicted molar refractivity (Wildman–Crippen MR) is 61.7 cm³/mol. The van der Waals surface area contributed by atoms with Crippen LogP contribution in [0.1, 0.15) is 33.1 Å². The molecule has 1 atom stereocenters. The van der Waals surface area contributed by atoms with E-state index in [0.29, 0.717) is 32.4 Å². The van der Waals surface area contributed by atoms with Crippen molar-refractivity contribution in [3.8, 4) is 0 Å². The number of aliphatic hydroxyl groups is 1. The van der Waals surface area contributed by atoms with Crippen LogP contribution in [0.5, 0.6) is 0 Å². The molecule has 0 fully saturated rings. The Morgan fingerprint density at radius 2 is 1.82 bits per heavy atom. The summed E-state index contributed by atoms with van der Waals surface area (Å²) in [4.78, 5) is 1.36. The van der Waals surface area contributed by atoms with Crippen molar-refractivity contribution in [2.24, 2.45) is 5.73 Å². The predicted octanol–water partition coefficient (Wildman–Crippen LogP) is 1.75. The standard InChI is InChI=1S/C11H23F3N2O/c1-3-16(9-11(12,13)14)7-5-4-6-10(2,17)8-15/h17H,3-9,15H2,1-2H3. The minimum atomic E-state index is -4.14. The monoisotopic (exact) mass is 256 g/mol. The molecule has 0 bridgehead atoms. The molecule has 0 aromatic rings. The maximum absolute atomic E-state index is 12.1. The highest BCUT2D eigenvalue weighted by molar-refractivity contribution is 4.73. The van der Waals surface area contributed by atoms with Gasteiger partial charge in [0, 0.05) is 6.54 Å². The molecular weight excluding hydrogens is 233 g/mol. The van der Waals surface area contributed by atoms with Gasteiger partial charge in [-0.1, -0.05) is 6.92 Å². The van der Waals surface area contributed by atoms with Crippen LogP contribution >= 0.6 is 0 Å². The van der Waals surface area contributed by atoms with Gasteiger partial charge in [0.25, 0.3) is 0 Å². The maximum atomic E-state index is 12.1. The lowest BCUT2D eigenvalue weighted by molar-refractivity contribution is -0.145. The smallest absolute Gasteiger partial charge is 0.389 e. The van der Waals surface area contributed by atoms with E-state index in [9.17, 15) is 18.3 Å². The molecule has 3 N–H and O–H groups in total. The van der Waals surface area contributed by atoms with E-state index in [-0.39, 0.29) is 6.54 Å². The van der Waals surface area contributed by atoms with Crippen molar-refractivity contribution in [2.45, 2.75) is 44.9 Å². The van der Waals surface area contributed by atoms with Crippen LogP contribution in [0.25, 0.3) is 0 Å². The zero-order chi connectivity index (χ0) is 13.5. The number of nitrogens with two attached hydrogens (primary N) is 1. The number of alkyl halides is 3. The number of halogens is 3. The zero-order valence-electron chi connectivity index (χ0n) is 10.6. The molecule has 0 aromatic carbocycles. The molecule has 0 radical (unpaired) electrons. The molecule has 0 aromatic heterocycles. The lowest BCUT2D eigenvalue weighted by Crippen LogP contribution is -2.36. The molecule has 0 saturated carbocycles. The Hall–Kier alpha value is -0.330. The van der Waals surface area contributed by atoms with Gasteiger partial charge in [0.05, 0.1) is 12.1 Å². The lowest BCUT2D eigenvalue weighted by atomic mass is 9.99. The molecule has 0 aliphatic rings. The Labute approximate surface area is 101 Å². The molecule has 0 spiro atoms.